The first-order valence-electron chi connectivity index (χ1n) is 6.66. The number of nitrogens with one attached hydrogen (secondary N) is 1. The van der Waals surface area contributed by atoms with Crippen LogP contribution in [0.15, 0.2) is 4.79 Å². The van der Waals surface area contributed by atoms with Gasteiger partial charge in [-0.2, -0.15) is 0 Å². The van der Waals surface area contributed by atoms with Gasteiger partial charge in [-0.25, -0.2) is 4.79 Å². The molecule has 0 amide bonds. The standard InChI is InChI=1S/C13H20N2O2S/c1-2-17-9-5-8-15-11-7-4-3-6-10(11)12(18)14-13(15)16/h2-9H2,1H3,(H,14,16,18). The highest BCUT2D eigenvalue weighted by Crippen LogP contribution is 2.20. The Morgan fingerprint density at radius 3 is 2.94 bits per heavy atom. The van der Waals surface area contributed by atoms with Crippen LogP contribution in [0.2, 0.25) is 0 Å². The Labute approximate surface area is 112 Å². The van der Waals surface area contributed by atoms with E-state index in [0.717, 1.165) is 38.0 Å². The minimum Gasteiger partial charge on any atom is -0.382 e. The monoisotopic (exact) mass is 268 g/mol. The van der Waals surface area contributed by atoms with Crippen molar-refractivity contribution in [2.45, 2.75) is 45.6 Å². The molecular weight excluding hydrogens is 248 g/mol. The summed E-state index contributed by atoms with van der Waals surface area (Å²) in [5, 5.41) is 0. The van der Waals surface area contributed by atoms with Gasteiger partial charge in [0, 0.05) is 31.0 Å². The van der Waals surface area contributed by atoms with Crippen LogP contribution in [0.3, 0.4) is 0 Å². The molecule has 2 rings (SSSR count). The van der Waals surface area contributed by atoms with Crippen molar-refractivity contribution >= 4 is 12.2 Å². The molecule has 1 N–H and O–H groups in total. The minimum atomic E-state index is -0.0721. The molecule has 1 aliphatic carbocycles. The van der Waals surface area contributed by atoms with E-state index < -0.39 is 0 Å². The molecule has 0 radical (unpaired) electrons. The van der Waals surface area contributed by atoms with Gasteiger partial charge >= 0.3 is 5.69 Å². The van der Waals surface area contributed by atoms with Crippen molar-refractivity contribution in [2.24, 2.45) is 0 Å². The molecule has 0 saturated carbocycles. The van der Waals surface area contributed by atoms with Crippen molar-refractivity contribution in [1.29, 1.82) is 0 Å². The van der Waals surface area contributed by atoms with Gasteiger partial charge in [0.2, 0.25) is 0 Å². The summed E-state index contributed by atoms with van der Waals surface area (Å²) >= 11 is 5.25. The summed E-state index contributed by atoms with van der Waals surface area (Å²) in [4.78, 5) is 14.8. The Bertz CT molecular complexity index is 519. The van der Waals surface area contributed by atoms with Crippen LogP contribution in [0, 0.1) is 4.64 Å². The zero-order chi connectivity index (χ0) is 13.0. The van der Waals surface area contributed by atoms with Crippen molar-refractivity contribution in [3.05, 3.63) is 26.4 Å². The Kier molecular flexibility index (Phi) is 4.72. The molecule has 18 heavy (non-hydrogen) atoms. The number of aromatic amines is 1. The van der Waals surface area contributed by atoms with E-state index in [-0.39, 0.29) is 5.69 Å². The molecule has 0 atom stereocenters. The molecule has 1 heterocycles. The first kappa shape index (κ1) is 13.5. The van der Waals surface area contributed by atoms with Crippen molar-refractivity contribution < 1.29 is 4.74 Å². The summed E-state index contributed by atoms with van der Waals surface area (Å²) in [7, 11) is 0. The van der Waals surface area contributed by atoms with Crippen LogP contribution in [-0.2, 0) is 24.1 Å². The first-order valence-corrected chi connectivity index (χ1v) is 7.07. The molecule has 0 saturated heterocycles. The Hall–Kier alpha value is -0.940. The fourth-order valence-electron chi connectivity index (χ4n) is 2.50. The number of hydrogen-bond donors (Lipinski definition) is 1. The number of nitrogens with zero attached hydrogens (tertiary/aromatic N) is 1. The van der Waals surface area contributed by atoms with Crippen molar-refractivity contribution in [3.8, 4) is 0 Å². The number of aromatic nitrogens is 2. The van der Waals surface area contributed by atoms with Crippen LogP contribution in [0.4, 0.5) is 0 Å². The van der Waals surface area contributed by atoms with Gasteiger partial charge in [0.1, 0.15) is 4.64 Å². The maximum absolute atomic E-state index is 12.0. The largest absolute Gasteiger partial charge is 0.382 e. The quantitative estimate of drug-likeness (QED) is 0.658. The van der Waals surface area contributed by atoms with Crippen molar-refractivity contribution in [2.75, 3.05) is 13.2 Å². The summed E-state index contributed by atoms with van der Waals surface area (Å²) in [6.07, 6.45) is 5.15. The van der Waals surface area contributed by atoms with Gasteiger partial charge in [0.25, 0.3) is 0 Å². The molecule has 0 bridgehead atoms. The zero-order valence-electron chi connectivity index (χ0n) is 10.8. The lowest BCUT2D eigenvalue weighted by molar-refractivity contribution is 0.141. The van der Waals surface area contributed by atoms with Crippen LogP contribution in [0.5, 0.6) is 0 Å². The lowest BCUT2D eigenvalue weighted by atomic mass is 9.97. The lowest BCUT2D eigenvalue weighted by Gasteiger charge is -2.20. The Balaban J connectivity index is 2.23. The molecule has 4 nitrogen and oxygen atoms in total. The molecule has 1 aromatic heterocycles. The maximum Gasteiger partial charge on any atom is 0.326 e. The molecule has 1 aromatic rings. The first-order chi connectivity index (χ1) is 8.74. The van der Waals surface area contributed by atoms with Gasteiger partial charge in [0.05, 0.1) is 0 Å². The minimum absolute atomic E-state index is 0.0721. The number of H-pyrrole nitrogens is 1. The second kappa shape index (κ2) is 6.29. The van der Waals surface area contributed by atoms with Crippen molar-refractivity contribution in [3.63, 3.8) is 0 Å². The fourth-order valence-corrected chi connectivity index (χ4v) is 2.81. The number of hydrogen-bond acceptors (Lipinski definition) is 3. The fraction of sp³-hybridized carbons (Fsp3) is 0.692. The van der Waals surface area contributed by atoms with E-state index in [1.807, 2.05) is 11.5 Å². The number of fused-ring (bicyclic) bond motifs is 1. The second-order valence-corrected chi connectivity index (χ2v) is 5.00. The summed E-state index contributed by atoms with van der Waals surface area (Å²) in [6, 6.07) is 0. The molecule has 0 fully saturated rings. The van der Waals surface area contributed by atoms with Gasteiger partial charge in [-0.15, -0.1) is 0 Å². The van der Waals surface area contributed by atoms with Crippen LogP contribution in [0.25, 0.3) is 0 Å². The van der Waals surface area contributed by atoms with E-state index in [0.29, 0.717) is 17.8 Å². The SMILES string of the molecule is CCOCCCn1c2c(c(=S)[nH]c1=O)CCCC2. The van der Waals surface area contributed by atoms with E-state index >= 15 is 0 Å². The van der Waals surface area contributed by atoms with E-state index in [9.17, 15) is 4.79 Å². The van der Waals surface area contributed by atoms with E-state index in [2.05, 4.69) is 4.98 Å². The van der Waals surface area contributed by atoms with Gasteiger partial charge in [-0.05, 0) is 39.0 Å². The van der Waals surface area contributed by atoms with Gasteiger partial charge in [0.15, 0.2) is 0 Å². The van der Waals surface area contributed by atoms with Gasteiger partial charge in [-0.3, -0.25) is 9.55 Å². The predicted molar refractivity (Wildman–Crippen MR) is 73.6 cm³/mol. The highest BCUT2D eigenvalue weighted by atomic mass is 32.1. The predicted octanol–water partition coefficient (Wildman–Crippen LogP) is 2.21. The van der Waals surface area contributed by atoms with Crippen LogP contribution < -0.4 is 5.69 Å². The van der Waals surface area contributed by atoms with E-state index in [1.165, 1.54) is 12.0 Å². The molecule has 0 aliphatic heterocycles. The molecule has 100 valence electrons. The summed E-state index contributed by atoms with van der Waals surface area (Å²) in [5.41, 5.74) is 2.25. The molecule has 0 unspecified atom stereocenters. The average molecular weight is 268 g/mol. The topological polar surface area (TPSA) is 47.0 Å². The summed E-state index contributed by atoms with van der Waals surface area (Å²) in [5.74, 6) is 0. The van der Waals surface area contributed by atoms with E-state index in [1.54, 1.807) is 0 Å². The van der Waals surface area contributed by atoms with Gasteiger partial charge in [-0.1, -0.05) is 12.2 Å². The number of rotatable bonds is 5. The molecular formula is C13H20N2O2S. The van der Waals surface area contributed by atoms with Crippen molar-refractivity contribution in [1.82, 2.24) is 9.55 Å². The summed E-state index contributed by atoms with van der Waals surface area (Å²) < 4.78 is 7.80. The average Bonchev–Trinajstić information content (AvgIpc) is 2.38. The molecule has 1 aliphatic rings. The molecule has 0 aromatic carbocycles. The summed E-state index contributed by atoms with van der Waals surface area (Å²) in [6.45, 7) is 4.12. The third kappa shape index (κ3) is 2.90. The molecule has 5 heteroatoms. The van der Waals surface area contributed by atoms with Crippen LogP contribution >= 0.6 is 12.2 Å². The van der Waals surface area contributed by atoms with Gasteiger partial charge < -0.3 is 4.74 Å². The smallest absolute Gasteiger partial charge is 0.326 e. The third-order valence-electron chi connectivity index (χ3n) is 3.38. The normalized spacial score (nSPS) is 14.5. The highest BCUT2D eigenvalue weighted by Gasteiger charge is 2.16. The molecule has 0 spiro atoms. The maximum atomic E-state index is 12.0. The Morgan fingerprint density at radius 2 is 2.17 bits per heavy atom. The Morgan fingerprint density at radius 1 is 1.39 bits per heavy atom. The lowest BCUT2D eigenvalue weighted by Crippen LogP contribution is -2.30. The number of ether oxygens (including phenoxy) is 1. The van der Waals surface area contributed by atoms with Crippen LogP contribution in [-0.4, -0.2) is 22.8 Å². The second-order valence-electron chi connectivity index (χ2n) is 4.59. The van der Waals surface area contributed by atoms with E-state index in [4.69, 9.17) is 17.0 Å². The zero-order valence-corrected chi connectivity index (χ0v) is 11.6. The third-order valence-corrected chi connectivity index (χ3v) is 3.73. The highest BCUT2D eigenvalue weighted by molar-refractivity contribution is 7.71. The van der Waals surface area contributed by atoms with Crippen LogP contribution in [0.1, 0.15) is 37.4 Å².